The van der Waals surface area contributed by atoms with Crippen molar-refractivity contribution in [3.8, 4) is 0 Å². The van der Waals surface area contributed by atoms with Gasteiger partial charge in [0, 0.05) is 23.0 Å². The first-order valence-corrected chi connectivity index (χ1v) is 13.0. The van der Waals surface area contributed by atoms with Crippen molar-refractivity contribution in [3.05, 3.63) is 164 Å². The number of allylic oxidation sites excluding steroid dienone is 4. The molecule has 0 saturated carbocycles. The topological polar surface area (TPSA) is 39.8 Å². The van der Waals surface area contributed by atoms with Crippen LogP contribution in [0.5, 0.6) is 0 Å². The molecule has 0 spiro atoms. The van der Waals surface area contributed by atoms with Crippen molar-refractivity contribution < 1.29 is 26.4 Å². The monoisotopic (exact) mass is 544 g/mol. The van der Waals surface area contributed by atoms with E-state index in [1.165, 1.54) is 34.3 Å². The minimum atomic E-state index is -0.446. The quantitative estimate of drug-likeness (QED) is 0.114. The van der Waals surface area contributed by atoms with E-state index < -0.39 is 7.92 Å². The van der Waals surface area contributed by atoms with Gasteiger partial charge in [-0.15, -0.1) is 0 Å². The molecule has 0 amide bonds. The van der Waals surface area contributed by atoms with Gasteiger partial charge >= 0.3 is 22.6 Å². The van der Waals surface area contributed by atoms with Gasteiger partial charge in [0.2, 0.25) is 0 Å². The van der Waals surface area contributed by atoms with Gasteiger partial charge in [-0.25, -0.2) is 0 Å². The molecular weight excluding hydrogens is 515 g/mol. The zero-order chi connectivity index (χ0) is 25.8. The average Bonchev–Trinajstić information content (AvgIpc) is 3.28. The molecule has 0 radical (unpaired) electrons. The summed E-state index contributed by atoms with van der Waals surface area (Å²) in [6, 6.07) is 43.0. The van der Waals surface area contributed by atoms with E-state index in [-0.39, 0.29) is 17.1 Å². The van der Waals surface area contributed by atoms with Crippen LogP contribution < -0.4 is 15.9 Å². The second kappa shape index (κ2) is 19.9. The molecule has 0 N–H and O–H groups in total. The van der Waals surface area contributed by atoms with Crippen molar-refractivity contribution in [2.75, 3.05) is 0 Å². The number of benzene rings is 4. The molecule has 0 aliphatic heterocycles. The van der Waals surface area contributed by atoms with E-state index in [9.17, 15) is 0 Å². The predicted molar refractivity (Wildman–Crippen MR) is 150 cm³/mol. The molecule has 0 heterocycles. The van der Waals surface area contributed by atoms with Crippen LogP contribution in [0.3, 0.4) is 0 Å². The fourth-order valence-electron chi connectivity index (χ4n) is 3.90. The Labute approximate surface area is 232 Å². The van der Waals surface area contributed by atoms with Gasteiger partial charge in [-0.3, -0.25) is 0 Å². The van der Waals surface area contributed by atoms with Crippen molar-refractivity contribution in [1.29, 1.82) is 0 Å². The van der Waals surface area contributed by atoms with E-state index in [1.807, 2.05) is 0 Å². The molecule has 4 heteroatoms. The Balaban J connectivity index is 0.000000334. The second-order valence-corrected chi connectivity index (χ2v) is 9.97. The molecular formula is C33H29FeO2P. The zero-order valence-electron chi connectivity index (χ0n) is 20.5. The first-order chi connectivity index (χ1) is 17.9. The van der Waals surface area contributed by atoms with Crippen LogP contribution in [0, 0.1) is 13.3 Å². The molecule has 4 aromatic carbocycles. The maximum absolute atomic E-state index is 7.50. The summed E-state index contributed by atoms with van der Waals surface area (Å²) in [5, 5.41) is 4.19. The van der Waals surface area contributed by atoms with Crippen molar-refractivity contribution >= 4 is 23.8 Å². The van der Waals surface area contributed by atoms with Crippen LogP contribution in [-0.2, 0) is 26.4 Å². The SMILES string of the molecule is C1=CCC[C@@H](c2ccccc2)C=C1.[C-]#[O+].[C-]#[O+].[Fe].c1ccc(P(c2ccccc2)c2ccccc2)cc1. The summed E-state index contributed by atoms with van der Waals surface area (Å²) in [6.45, 7) is 9.00. The molecule has 4 aromatic rings. The second-order valence-electron chi connectivity index (χ2n) is 7.75. The van der Waals surface area contributed by atoms with Crippen LogP contribution >= 0.6 is 7.92 Å². The Morgan fingerprint density at radius 3 is 1.32 bits per heavy atom. The van der Waals surface area contributed by atoms with Gasteiger partial charge in [-0.05, 0) is 42.2 Å². The summed E-state index contributed by atoms with van der Waals surface area (Å²) in [6.07, 6.45) is 11.2. The largest absolute Gasteiger partial charge is 0.0622 e. The first kappa shape index (κ1) is 31.8. The third kappa shape index (κ3) is 10.7. The minimum absolute atomic E-state index is 0. The summed E-state index contributed by atoms with van der Waals surface area (Å²) in [5.74, 6) is 0.608. The summed E-state index contributed by atoms with van der Waals surface area (Å²) in [5.41, 5.74) is 1.43. The summed E-state index contributed by atoms with van der Waals surface area (Å²) >= 11 is 0. The third-order valence-corrected chi connectivity index (χ3v) is 7.95. The van der Waals surface area contributed by atoms with Crippen molar-refractivity contribution in [2.45, 2.75) is 18.8 Å². The molecule has 0 fully saturated rings. The van der Waals surface area contributed by atoms with Gasteiger partial charge in [0.25, 0.3) is 0 Å². The van der Waals surface area contributed by atoms with E-state index in [0.29, 0.717) is 5.92 Å². The Bertz CT molecular complexity index is 1110. The zero-order valence-corrected chi connectivity index (χ0v) is 22.5. The molecule has 5 rings (SSSR count). The maximum Gasteiger partial charge on any atom is 0 e. The van der Waals surface area contributed by atoms with E-state index in [4.69, 9.17) is 9.30 Å². The predicted octanol–water partition coefficient (Wildman–Crippen LogP) is 7.04. The van der Waals surface area contributed by atoms with Gasteiger partial charge < -0.3 is 0 Å². The van der Waals surface area contributed by atoms with Crippen LogP contribution in [0.1, 0.15) is 24.3 Å². The molecule has 1 aliphatic carbocycles. The van der Waals surface area contributed by atoms with E-state index >= 15 is 0 Å². The van der Waals surface area contributed by atoms with E-state index in [0.717, 1.165) is 0 Å². The van der Waals surface area contributed by atoms with E-state index in [2.05, 4.69) is 159 Å². The van der Waals surface area contributed by atoms with Gasteiger partial charge in [-0.2, -0.15) is 0 Å². The van der Waals surface area contributed by atoms with Gasteiger partial charge in [-0.1, -0.05) is 146 Å². The van der Waals surface area contributed by atoms with Crippen LogP contribution in [0.25, 0.3) is 0 Å². The molecule has 0 bridgehead atoms. The number of hydrogen-bond acceptors (Lipinski definition) is 0. The van der Waals surface area contributed by atoms with Crippen molar-refractivity contribution in [1.82, 2.24) is 0 Å². The smallest absolute Gasteiger partial charge is 0 e. The average molecular weight is 544 g/mol. The maximum atomic E-state index is 7.50. The standard InChI is InChI=1S/C18H15P.C13H14.2CO.Fe/c1-4-10-16(11-5-1)19(17-12-6-2-7-13-17)18-14-8-3-9-15-18;1-2-5-9-12(8-4-1)13-10-6-3-7-11-13;2*1-2;/h1-15H;1-4,6-8,10-12H,5,9H2;;;/t;12-;;;/m.0.../s1. The Morgan fingerprint density at radius 2 is 0.919 bits per heavy atom. The fourth-order valence-corrected chi connectivity index (χ4v) is 6.21. The minimum Gasteiger partial charge on any atom is -0.0622 e. The fraction of sp³-hybridized carbons (Fsp3) is 0.0909. The van der Waals surface area contributed by atoms with Gasteiger partial charge in [0.15, 0.2) is 0 Å². The molecule has 1 aliphatic rings. The summed E-state index contributed by atoms with van der Waals surface area (Å²) in [7, 11) is -0.446. The summed E-state index contributed by atoms with van der Waals surface area (Å²) < 4.78 is 15.0. The van der Waals surface area contributed by atoms with Crippen molar-refractivity contribution in [2.24, 2.45) is 0 Å². The first-order valence-electron chi connectivity index (χ1n) is 11.7. The number of hydrogen-bond donors (Lipinski definition) is 0. The van der Waals surface area contributed by atoms with Crippen LogP contribution in [0.4, 0.5) is 0 Å². The Hall–Kier alpha value is -3.21. The summed E-state index contributed by atoms with van der Waals surface area (Å²) in [4.78, 5) is 0. The molecule has 0 saturated heterocycles. The van der Waals surface area contributed by atoms with Gasteiger partial charge in [0.1, 0.15) is 0 Å². The molecule has 2 nitrogen and oxygen atoms in total. The normalized spacial score (nSPS) is 13.1. The molecule has 1 atom stereocenters. The Morgan fingerprint density at radius 1 is 0.541 bits per heavy atom. The van der Waals surface area contributed by atoms with Crippen LogP contribution in [0.15, 0.2) is 146 Å². The van der Waals surface area contributed by atoms with Gasteiger partial charge in [0.05, 0.1) is 0 Å². The molecule has 0 aromatic heterocycles. The molecule has 37 heavy (non-hydrogen) atoms. The van der Waals surface area contributed by atoms with Crippen LogP contribution in [-0.4, -0.2) is 0 Å². The third-order valence-electron chi connectivity index (χ3n) is 5.51. The number of rotatable bonds is 4. The Kier molecular flexibility index (Phi) is 17.1. The van der Waals surface area contributed by atoms with Crippen molar-refractivity contribution in [3.63, 3.8) is 0 Å². The van der Waals surface area contributed by atoms with Crippen LogP contribution in [0.2, 0.25) is 0 Å². The van der Waals surface area contributed by atoms with E-state index in [1.54, 1.807) is 0 Å². The molecule has 186 valence electrons. The molecule has 0 unspecified atom stereocenters.